The van der Waals surface area contributed by atoms with Gasteiger partial charge in [0, 0.05) is 11.6 Å². The molecule has 0 spiro atoms. The highest BCUT2D eigenvalue weighted by Gasteiger charge is 2.15. The van der Waals surface area contributed by atoms with E-state index < -0.39 is 0 Å². The average Bonchev–Trinajstić information content (AvgIpc) is 3.32. The molecule has 2 heterocycles. The van der Waals surface area contributed by atoms with Gasteiger partial charge < -0.3 is 9.47 Å². The number of methoxy groups -OCH3 is 2. The highest BCUT2D eigenvalue weighted by atomic mass is 32.1. The van der Waals surface area contributed by atoms with E-state index >= 15 is 0 Å². The van der Waals surface area contributed by atoms with Gasteiger partial charge in [0.2, 0.25) is 0 Å². The maximum Gasteiger partial charge on any atom is 0.275 e. The highest BCUT2D eigenvalue weighted by Crippen LogP contribution is 2.26. The number of carbonyl (C=O) groups is 1. The Morgan fingerprint density at radius 2 is 2.20 bits per heavy atom. The number of carbonyl (C=O) groups excluding carboxylic acids is 1. The first-order valence-electron chi connectivity index (χ1n) is 7.35. The smallest absolute Gasteiger partial charge is 0.275 e. The first-order chi connectivity index (χ1) is 12.2. The number of aromatic nitrogens is 2. The van der Waals surface area contributed by atoms with Crippen LogP contribution in [0.3, 0.4) is 0 Å². The third-order valence-electron chi connectivity index (χ3n) is 3.46. The zero-order valence-electron chi connectivity index (χ0n) is 13.6. The number of aromatic amines is 1. The number of thiophene rings is 1. The lowest BCUT2D eigenvalue weighted by Gasteiger charge is -2.06. The Balaban J connectivity index is 1.73. The summed E-state index contributed by atoms with van der Waals surface area (Å²) in [5, 5.41) is 12.7. The van der Waals surface area contributed by atoms with Crippen LogP contribution < -0.4 is 14.9 Å². The number of hydrogen-bond donors (Lipinski definition) is 2. The number of hydrazone groups is 1. The van der Waals surface area contributed by atoms with Crippen LogP contribution in [0.4, 0.5) is 0 Å². The number of nitrogens with zero attached hydrogens (tertiary/aromatic N) is 2. The van der Waals surface area contributed by atoms with Gasteiger partial charge in [0.1, 0.15) is 11.5 Å². The van der Waals surface area contributed by atoms with Crippen LogP contribution in [-0.4, -0.2) is 36.5 Å². The SMILES string of the molecule is COc1ccc(/C=N\NC(=O)c2cn[nH]c2-c2cccs2)c(OC)c1. The maximum atomic E-state index is 12.3. The first kappa shape index (κ1) is 16.7. The molecule has 3 rings (SSSR count). The van der Waals surface area contributed by atoms with Crippen molar-refractivity contribution in [3.8, 4) is 22.1 Å². The molecule has 8 heteroatoms. The molecule has 3 aromatic rings. The molecule has 0 saturated heterocycles. The predicted molar refractivity (Wildman–Crippen MR) is 96.5 cm³/mol. The number of amides is 1. The van der Waals surface area contributed by atoms with Gasteiger partial charge in [-0.1, -0.05) is 6.07 Å². The van der Waals surface area contributed by atoms with Crippen LogP contribution in [0.5, 0.6) is 11.5 Å². The Kier molecular flexibility index (Phi) is 5.10. The van der Waals surface area contributed by atoms with Crippen LogP contribution in [0.25, 0.3) is 10.6 Å². The topological polar surface area (TPSA) is 88.6 Å². The molecule has 25 heavy (non-hydrogen) atoms. The number of nitrogens with one attached hydrogen (secondary N) is 2. The summed E-state index contributed by atoms with van der Waals surface area (Å²) in [6.07, 6.45) is 2.99. The van der Waals surface area contributed by atoms with Crippen molar-refractivity contribution < 1.29 is 14.3 Å². The number of rotatable bonds is 6. The van der Waals surface area contributed by atoms with E-state index in [2.05, 4.69) is 20.7 Å². The minimum absolute atomic E-state index is 0.346. The van der Waals surface area contributed by atoms with Crippen LogP contribution in [-0.2, 0) is 0 Å². The van der Waals surface area contributed by atoms with Gasteiger partial charge in [-0.2, -0.15) is 10.2 Å². The molecule has 1 amide bonds. The molecule has 0 atom stereocenters. The fraction of sp³-hybridized carbons (Fsp3) is 0.118. The lowest BCUT2D eigenvalue weighted by molar-refractivity contribution is 0.0956. The summed E-state index contributed by atoms with van der Waals surface area (Å²) in [6.45, 7) is 0. The molecule has 7 nitrogen and oxygen atoms in total. The van der Waals surface area contributed by atoms with Crippen molar-refractivity contribution in [3.63, 3.8) is 0 Å². The molecule has 0 aliphatic carbocycles. The minimum atomic E-state index is -0.346. The molecular formula is C17H16N4O3S. The van der Waals surface area contributed by atoms with Gasteiger partial charge in [-0.05, 0) is 23.6 Å². The molecule has 0 radical (unpaired) electrons. The van der Waals surface area contributed by atoms with E-state index in [4.69, 9.17) is 9.47 Å². The summed E-state index contributed by atoms with van der Waals surface area (Å²) < 4.78 is 10.4. The summed E-state index contributed by atoms with van der Waals surface area (Å²) in [5.41, 5.74) is 4.32. The van der Waals surface area contributed by atoms with Crippen molar-refractivity contribution in [1.82, 2.24) is 15.6 Å². The Morgan fingerprint density at radius 3 is 2.92 bits per heavy atom. The van der Waals surface area contributed by atoms with E-state index in [1.54, 1.807) is 32.4 Å². The van der Waals surface area contributed by atoms with Gasteiger partial charge in [-0.3, -0.25) is 9.89 Å². The molecule has 128 valence electrons. The number of ether oxygens (including phenoxy) is 2. The summed E-state index contributed by atoms with van der Waals surface area (Å²) in [6, 6.07) is 9.16. The lowest BCUT2D eigenvalue weighted by atomic mass is 10.2. The van der Waals surface area contributed by atoms with Crippen molar-refractivity contribution >= 4 is 23.5 Å². The highest BCUT2D eigenvalue weighted by molar-refractivity contribution is 7.13. The number of hydrogen-bond acceptors (Lipinski definition) is 6. The molecule has 0 unspecified atom stereocenters. The van der Waals surface area contributed by atoms with Crippen LogP contribution >= 0.6 is 11.3 Å². The second-order valence-corrected chi connectivity index (χ2v) is 5.89. The van der Waals surface area contributed by atoms with Crippen molar-refractivity contribution in [1.29, 1.82) is 0 Å². The quantitative estimate of drug-likeness (QED) is 0.525. The fourth-order valence-electron chi connectivity index (χ4n) is 2.21. The van der Waals surface area contributed by atoms with E-state index in [-0.39, 0.29) is 5.91 Å². The Labute approximate surface area is 148 Å². The molecule has 0 aliphatic heterocycles. The van der Waals surface area contributed by atoms with Gasteiger partial charge in [-0.15, -0.1) is 11.3 Å². The maximum absolute atomic E-state index is 12.3. The average molecular weight is 356 g/mol. The van der Waals surface area contributed by atoms with Crippen LogP contribution in [0, 0.1) is 0 Å². The van der Waals surface area contributed by atoms with Crippen LogP contribution in [0.2, 0.25) is 0 Å². The molecule has 0 fully saturated rings. The van der Waals surface area contributed by atoms with Gasteiger partial charge in [-0.25, -0.2) is 5.43 Å². The third-order valence-corrected chi connectivity index (χ3v) is 4.35. The second-order valence-electron chi connectivity index (χ2n) is 4.94. The van der Waals surface area contributed by atoms with Gasteiger partial charge in [0.05, 0.1) is 42.8 Å². The van der Waals surface area contributed by atoms with Crippen molar-refractivity contribution in [2.45, 2.75) is 0 Å². The molecule has 0 aliphatic rings. The normalized spacial score (nSPS) is 10.8. The van der Waals surface area contributed by atoms with Gasteiger partial charge in [0.15, 0.2) is 0 Å². The number of benzene rings is 1. The molecule has 0 bridgehead atoms. The molecule has 0 saturated carbocycles. The monoisotopic (exact) mass is 356 g/mol. The van der Waals surface area contributed by atoms with Gasteiger partial charge >= 0.3 is 0 Å². The molecule has 2 N–H and O–H groups in total. The van der Waals surface area contributed by atoms with E-state index in [9.17, 15) is 4.79 Å². The van der Waals surface area contributed by atoms with E-state index in [0.29, 0.717) is 28.3 Å². The lowest BCUT2D eigenvalue weighted by Crippen LogP contribution is -2.17. The zero-order chi connectivity index (χ0) is 17.6. The van der Waals surface area contributed by atoms with Crippen molar-refractivity contribution in [2.24, 2.45) is 5.10 Å². The Bertz CT molecular complexity index is 887. The Morgan fingerprint density at radius 1 is 1.32 bits per heavy atom. The molecule has 2 aromatic heterocycles. The Hall–Kier alpha value is -3.13. The standard InChI is InChI=1S/C17H16N4O3S/c1-23-12-6-5-11(14(8-12)24-2)9-18-21-17(22)13-10-19-20-16(13)15-4-3-7-25-15/h3-10H,1-2H3,(H,19,20)(H,21,22)/b18-9-. The molecular weight excluding hydrogens is 340 g/mol. The number of H-pyrrole nitrogens is 1. The van der Waals surface area contributed by atoms with E-state index in [1.165, 1.54) is 23.7 Å². The van der Waals surface area contributed by atoms with E-state index in [1.807, 2.05) is 17.5 Å². The summed E-state index contributed by atoms with van der Waals surface area (Å²) in [4.78, 5) is 13.3. The third kappa shape index (κ3) is 3.69. The van der Waals surface area contributed by atoms with Gasteiger partial charge in [0.25, 0.3) is 5.91 Å². The zero-order valence-corrected chi connectivity index (χ0v) is 14.5. The van der Waals surface area contributed by atoms with Crippen molar-refractivity contribution in [2.75, 3.05) is 14.2 Å². The fourth-order valence-corrected chi connectivity index (χ4v) is 2.95. The van der Waals surface area contributed by atoms with E-state index in [0.717, 1.165) is 4.88 Å². The minimum Gasteiger partial charge on any atom is -0.497 e. The van der Waals surface area contributed by atoms with Crippen molar-refractivity contribution in [3.05, 3.63) is 53.0 Å². The predicted octanol–water partition coefficient (Wildman–Crippen LogP) is 2.92. The largest absolute Gasteiger partial charge is 0.497 e. The second kappa shape index (κ2) is 7.63. The summed E-state index contributed by atoms with van der Waals surface area (Å²) in [7, 11) is 3.14. The summed E-state index contributed by atoms with van der Waals surface area (Å²) in [5.74, 6) is 0.929. The summed E-state index contributed by atoms with van der Waals surface area (Å²) >= 11 is 1.52. The van der Waals surface area contributed by atoms with Crippen LogP contribution in [0.1, 0.15) is 15.9 Å². The molecule has 1 aromatic carbocycles. The first-order valence-corrected chi connectivity index (χ1v) is 8.23. The van der Waals surface area contributed by atoms with Crippen LogP contribution in [0.15, 0.2) is 47.0 Å².